The van der Waals surface area contributed by atoms with Gasteiger partial charge >= 0.3 is 12.1 Å². The zero-order valence-electron chi connectivity index (χ0n) is 21.8. The highest BCUT2D eigenvalue weighted by molar-refractivity contribution is 6.04. The summed E-state index contributed by atoms with van der Waals surface area (Å²) in [4.78, 5) is 31.2. The van der Waals surface area contributed by atoms with E-state index in [4.69, 9.17) is 24.6 Å². The third-order valence-corrected chi connectivity index (χ3v) is 6.32. The van der Waals surface area contributed by atoms with Gasteiger partial charge in [0.05, 0.1) is 12.9 Å². The first-order valence-corrected chi connectivity index (χ1v) is 12.6. The fourth-order valence-electron chi connectivity index (χ4n) is 4.26. The Morgan fingerprint density at radius 1 is 0.923 bits per heavy atom. The summed E-state index contributed by atoms with van der Waals surface area (Å²) in [5.74, 6) is -0.427. The van der Waals surface area contributed by atoms with Gasteiger partial charge in [-0.15, -0.1) is 0 Å². The molecule has 9 heteroatoms. The summed E-state index contributed by atoms with van der Waals surface area (Å²) in [5.41, 5.74) is 2.67. The van der Waals surface area contributed by atoms with Crippen molar-refractivity contribution in [2.75, 3.05) is 20.4 Å². The molecule has 0 aromatic heterocycles. The zero-order chi connectivity index (χ0) is 27.5. The minimum Gasteiger partial charge on any atom is -0.444 e. The molecule has 0 bridgehead atoms. The van der Waals surface area contributed by atoms with Crippen molar-refractivity contribution in [2.45, 2.75) is 31.6 Å². The second-order valence-corrected chi connectivity index (χ2v) is 9.30. The Balaban J connectivity index is 1.28. The molecule has 1 aliphatic heterocycles. The number of hydrogen-bond acceptors (Lipinski definition) is 8. The van der Waals surface area contributed by atoms with Gasteiger partial charge in [-0.25, -0.2) is 4.79 Å². The lowest BCUT2D eigenvalue weighted by molar-refractivity contribution is -0.157. The maximum absolute atomic E-state index is 12.4. The van der Waals surface area contributed by atoms with E-state index in [9.17, 15) is 9.59 Å². The molecule has 4 rings (SSSR count). The summed E-state index contributed by atoms with van der Waals surface area (Å²) >= 11 is 0. The van der Waals surface area contributed by atoms with E-state index in [0.717, 1.165) is 16.7 Å². The van der Waals surface area contributed by atoms with Crippen LogP contribution in [0.15, 0.2) is 89.9 Å². The molecule has 2 N–H and O–H groups in total. The topological polar surface area (TPSA) is 113 Å². The molecule has 3 aromatic carbocycles. The molecule has 1 heterocycles. The van der Waals surface area contributed by atoms with E-state index in [1.165, 1.54) is 0 Å². The molecule has 0 saturated heterocycles. The minimum absolute atomic E-state index is 0.0696. The van der Waals surface area contributed by atoms with Crippen molar-refractivity contribution in [3.8, 4) is 0 Å². The predicted molar refractivity (Wildman–Crippen MR) is 147 cm³/mol. The monoisotopic (exact) mass is 528 g/mol. The summed E-state index contributed by atoms with van der Waals surface area (Å²) in [6.45, 7) is 0.982. The standard InChI is InChI=1S/C30H32N4O5/c1-34-20-30(32-21-34,17-16-27(35)39-22-37-18-23-8-4-2-5-9-23)26-14-12-25(13-15-26)28(31)33-29(36)38-19-24-10-6-3-7-11-24/h2-15,21H,16-20,22H2,1H3,(H2,31,33,36). The number of benzene rings is 3. The van der Waals surface area contributed by atoms with Crippen molar-refractivity contribution >= 4 is 24.2 Å². The van der Waals surface area contributed by atoms with Gasteiger partial charge in [-0.3, -0.25) is 20.5 Å². The molecule has 1 unspecified atom stereocenters. The number of likely N-dealkylation sites (N-methyl/N-ethyl adjacent to an activating group) is 1. The number of esters is 1. The number of amidine groups is 1. The molecular formula is C30H32N4O5. The van der Waals surface area contributed by atoms with Crippen LogP contribution in [0.25, 0.3) is 0 Å². The Kier molecular flexibility index (Phi) is 9.42. The van der Waals surface area contributed by atoms with E-state index in [0.29, 0.717) is 25.1 Å². The number of ether oxygens (including phenoxy) is 3. The molecular weight excluding hydrogens is 496 g/mol. The van der Waals surface area contributed by atoms with Gasteiger partial charge in [-0.2, -0.15) is 0 Å². The molecule has 9 nitrogen and oxygen atoms in total. The van der Waals surface area contributed by atoms with E-state index < -0.39 is 11.6 Å². The normalized spacial score (nSPS) is 16.1. The van der Waals surface area contributed by atoms with Crippen molar-refractivity contribution < 1.29 is 23.8 Å². The molecule has 0 fully saturated rings. The Hall–Kier alpha value is -4.50. The number of aliphatic imine (C=N–C) groups is 1. The highest BCUT2D eigenvalue weighted by atomic mass is 16.7. The smallest absolute Gasteiger partial charge is 0.413 e. The van der Waals surface area contributed by atoms with Gasteiger partial charge in [0.2, 0.25) is 0 Å². The molecule has 202 valence electrons. The summed E-state index contributed by atoms with van der Waals surface area (Å²) in [5, 5.41) is 10.7. The molecule has 0 spiro atoms. The first kappa shape index (κ1) is 27.5. The van der Waals surface area contributed by atoms with Crippen molar-refractivity contribution in [2.24, 2.45) is 4.99 Å². The highest BCUT2D eigenvalue weighted by Crippen LogP contribution is 2.35. The number of nitrogens with zero attached hydrogens (tertiary/aromatic N) is 2. The van der Waals surface area contributed by atoms with Crippen LogP contribution in [-0.4, -0.2) is 49.5 Å². The number of amides is 1. The van der Waals surface area contributed by atoms with Crippen molar-refractivity contribution in [3.05, 3.63) is 107 Å². The van der Waals surface area contributed by atoms with Crippen molar-refractivity contribution in [3.63, 3.8) is 0 Å². The molecule has 39 heavy (non-hydrogen) atoms. The van der Waals surface area contributed by atoms with E-state index >= 15 is 0 Å². The van der Waals surface area contributed by atoms with Crippen LogP contribution in [0.3, 0.4) is 0 Å². The number of alkyl carbamates (subject to hydrolysis) is 1. The lowest BCUT2D eigenvalue weighted by atomic mass is 9.85. The van der Waals surface area contributed by atoms with Crippen LogP contribution in [0.5, 0.6) is 0 Å². The van der Waals surface area contributed by atoms with Gasteiger partial charge in [0.15, 0.2) is 6.79 Å². The van der Waals surface area contributed by atoms with Gasteiger partial charge < -0.3 is 19.1 Å². The fraction of sp³-hybridized carbons (Fsp3) is 0.267. The fourth-order valence-corrected chi connectivity index (χ4v) is 4.26. The minimum atomic E-state index is -0.697. The Morgan fingerprint density at radius 3 is 2.18 bits per heavy atom. The number of rotatable bonds is 11. The first-order valence-electron chi connectivity index (χ1n) is 12.6. The second-order valence-electron chi connectivity index (χ2n) is 9.30. The molecule has 0 radical (unpaired) electrons. The second kappa shape index (κ2) is 13.3. The van der Waals surface area contributed by atoms with Crippen LogP contribution in [0, 0.1) is 5.41 Å². The summed E-state index contributed by atoms with van der Waals surface area (Å²) < 4.78 is 15.9. The van der Waals surface area contributed by atoms with E-state index in [2.05, 4.69) is 5.32 Å². The molecule has 1 atom stereocenters. The number of nitrogens with one attached hydrogen (secondary N) is 2. The average Bonchev–Trinajstić information content (AvgIpc) is 3.36. The zero-order valence-corrected chi connectivity index (χ0v) is 21.8. The van der Waals surface area contributed by atoms with Crippen LogP contribution in [0.1, 0.15) is 35.1 Å². The average molecular weight is 529 g/mol. The Morgan fingerprint density at radius 2 is 1.56 bits per heavy atom. The summed E-state index contributed by atoms with van der Waals surface area (Å²) in [6.07, 6.45) is 1.69. The summed E-state index contributed by atoms with van der Waals surface area (Å²) in [7, 11) is 1.93. The first-order chi connectivity index (χ1) is 18.9. The van der Waals surface area contributed by atoms with E-state index in [1.807, 2.05) is 84.7 Å². The van der Waals surface area contributed by atoms with E-state index in [1.54, 1.807) is 18.5 Å². The number of carbonyl (C=O) groups is 2. The van der Waals surface area contributed by atoms with Gasteiger partial charge in [-0.05, 0) is 23.1 Å². The molecule has 0 aliphatic carbocycles. The summed E-state index contributed by atoms with van der Waals surface area (Å²) in [6, 6.07) is 26.2. The Bertz CT molecular complexity index is 1280. The predicted octanol–water partition coefficient (Wildman–Crippen LogP) is 4.61. The van der Waals surface area contributed by atoms with Crippen LogP contribution >= 0.6 is 0 Å². The lowest BCUT2D eigenvalue weighted by Gasteiger charge is -2.27. The van der Waals surface area contributed by atoms with Crippen molar-refractivity contribution in [1.82, 2.24) is 10.2 Å². The van der Waals surface area contributed by atoms with Crippen LogP contribution in [0.2, 0.25) is 0 Å². The third-order valence-electron chi connectivity index (χ3n) is 6.32. The van der Waals surface area contributed by atoms with E-state index in [-0.39, 0.29) is 31.6 Å². The highest BCUT2D eigenvalue weighted by Gasteiger charge is 2.36. The molecule has 0 saturated carbocycles. The van der Waals surface area contributed by atoms with Gasteiger partial charge in [0.25, 0.3) is 0 Å². The quantitative estimate of drug-likeness (QED) is 0.124. The number of carbonyl (C=O) groups excluding carboxylic acids is 2. The van der Waals surface area contributed by atoms with Crippen LogP contribution in [0.4, 0.5) is 4.79 Å². The third kappa shape index (κ3) is 7.99. The maximum atomic E-state index is 12.4. The molecule has 1 amide bonds. The lowest BCUT2D eigenvalue weighted by Crippen LogP contribution is -2.32. The van der Waals surface area contributed by atoms with Crippen LogP contribution < -0.4 is 5.32 Å². The molecule has 3 aromatic rings. The number of hydrogen-bond donors (Lipinski definition) is 2. The van der Waals surface area contributed by atoms with Gasteiger partial charge in [0, 0.05) is 25.6 Å². The SMILES string of the molecule is CN1C=NC(CCC(=O)OCOCc2ccccc2)(c2ccc(C(=N)NC(=O)OCc3ccccc3)cc2)C1. The van der Waals surface area contributed by atoms with Crippen molar-refractivity contribution in [1.29, 1.82) is 5.41 Å². The molecule has 1 aliphatic rings. The largest absolute Gasteiger partial charge is 0.444 e. The van der Waals surface area contributed by atoms with Crippen LogP contribution in [-0.2, 0) is 37.8 Å². The Labute approximate surface area is 227 Å². The van der Waals surface area contributed by atoms with Gasteiger partial charge in [-0.1, -0.05) is 84.9 Å². The van der Waals surface area contributed by atoms with Gasteiger partial charge in [0.1, 0.15) is 18.0 Å². The maximum Gasteiger partial charge on any atom is 0.413 e.